The number of unbranched alkanes of at least 4 members (excludes halogenated alkanes) is 6. The van der Waals surface area contributed by atoms with Crippen LogP contribution in [0.5, 0.6) is 34.5 Å². The molecular weight excluding hydrogens is 1190 g/mol. The Balaban J connectivity index is 1.20. The Morgan fingerprint density at radius 3 is 0.865 bits per heavy atom. The summed E-state index contributed by atoms with van der Waals surface area (Å²) in [6, 6.07) is 42.8. The monoisotopic (exact) mass is 1270 g/mol. The van der Waals surface area contributed by atoms with Crippen LogP contribution < -0.4 is 28.4 Å². The van der Waals surface area contributed by atoms with Gasteiger partial charge in [-0.3, -0.25) is 0 Å². The third-order valence-electron chi connectivity index (χ3n) is 19.1. The molecule has 0 spiro atoms. The molecule has 0 saturated carbocycles. The molecule has 0 unspecified atom stereocenters. The van der Waals surface area contributed by atoms with Gasteiger partial charge in [0.15, 0.2) is 23.3 Å². The Bertz CT molecular complexity index is 5400. The van der Waals surface area contributed by atoms with Crippen LogP contribution in [0.2, 0.25) is 0 Å². The summed E-state index contributed by atoms with van der Waals surface area (Å²) in [5.74, 6) is 5.59. The van der Waals surface area contributed by atoms with Crippen molar-refractivity contribution >= 4 is 109 Å². The summed E-state index contributed by atoms with van der Waals surface area (Å²) in [4.78, 5) is 42.7. The summed E-state index contributed by atoms with van der Waals surface area (Å²) in [5, 5.41) is 15.1. The van der Waals surface area contributed by atoms with Crippen LogP contribution in [-0.2, 0) is 0 Å². The molecule has 0 atom stereocenters. The lowest BCUT2D eigenvalue weighted by molar-refractivity contribution is 0.308. The van der Waals surface area contributed by atoms with Gasteiger partial charge in [0, 0.05) is 43.1 Å². The van der Waals surface area contributed by atoms with Gasteiger partial charge in [0.2, 0.25) is 0 Å². The number of fused-ring (bicyclic) bond motifs is 26. The van der Waals surface area contributed by atoms with Crippen molar-refractivity contribution in [2.75, 3.05) is 39.6 Å². The van der Waals surface area contributed by atoms with Gasteiger partial charge in [-0.05, 0) is 120 Å². The second-order valence-electron chi connectivity index (χ2n) is 25.6. The fourth-order valence-corrected chi connectivity index (χ4v) is 14.1. The van der Waals surface area contributed by atoms with E-state index in [0.29, 0.717) is 142 Å². The number of nitrogens with zero attached hydrogens (tertiary/aromatic N) is 6. The Hall–Kier alpha value is -10.1. The molecule has 0 saturated heterocycles. The quantitative estimate of drug-likeness (QED) is 0.0435. The van der Waals surface area contributed by atoms with Gasteiger partial charge in [-0.25, -0.2) is 29.9 Å². The Morgan fingerprint density at radius 1 is 0.271 bits per heavy atom. The Morgan fingerprint density at radius 2 is 0.521 bits per heavy atom. The van der Waals surface area contributed by atoms with E-state index in [0.717, 1.165) is 174 Å². The van der Waals surface area contributed by atoms with Crippen molar-refractivity contribution in [1.29, 1.82) is 0 Å². The van der Waals surface area contributed by atoms with E-state index < -0.39 is 0 Å². The number of H-pyrrole nitrogens is 2. The summed E-state index contributed by atoms with van der Waals surface area (Å²) in [7, 11) is 0. The zero-order valence-corrected chi connectivity index (χ0v) is 56.4. The molecule has 486 valence electrons. The van der Waals surface area contributed by atoms with E-state index in [1.807, 2.05) is 0 Å². The van der Waals surface area contributed by atoms with Crippen molar-refractivity contribution in [2.24, 2.45) is 0 Å². The van der Waals surface area contributed by atoms with Gasteiger partial charge in [0.1, 0.15) is 57.1 Å². The van der Waals surface area contributed by atoms with Gasteiger partial charge < -0.3 is 38.4 Å². The molecule has 10 aromatic carbocycles. The Labute approximate surface area is 558 Å². The summed E-state index contributed by atoms with van der Waals surface area (Å²) in [6.45, 7) is 20.2. The van der Waals surface area contributed by atoms with Crippen LogP contribution in [0.1, 0.15) is 130 Å². The van der Waals surface area contributed by atoms with Crippen molar-refractivity contribution in [3.05, 3.63) is 132 Å². The lowest BCUT2D eigenvalue weighted by Crippen LogP contribution is -2.04. The van der Waals surface area contributed by atoms with Gasteiger partial charge in [-0.15, -0.1) is 0 Å². The highest BCUT2D eigenvalue weighted by Gasteiger charge is 2.36. The number of hydrogen-bond donors (Lipinski definition) is 2. The van der Waals surface area contributed by atoms with Crippen LogP contribution in [0.25, 0.3) is 154 Å². The molecule has 3 aromatic heterocycles. The van der Waals surface area contributed by atoms with E-state index in [-0.39, 0.29) is 0 Å². The molecule has 0 amide bonds. The third-order valence-corrected chi connectivity index (χ3v) is 19.1. The standard InChI is InChI=1S/C82H82N8O6/c1-9-15-37-91-69-54-34-26-25-33-53(54)47(7)61-63(69)77-83-75(61)85-79-65-66(71(93-39-17-11-3)56-36-28-27-35-55(56)70(65)92-38-16-10-2)80(89-79)86-76-62-48(8)57-43-49-29-21-22-30-50(49)44-58(57)72(94-40-18-12-4)64(62)78(84-76)88-82-68-67(81(87-77)90-82)73(95-41-19-13-5)59-45-51-31-23-24-32-52(51)46-60(59)74(68)96-42-20-14-6/h21-36,43-46H,9-20,37-42H2,1-8H3,(H2,83,84,85,86,87,88,89,90). The zero-order valence-electron chi connectivity index (χ0n) is 56.4. The average Bonchev–Trinajstić information content (AvgIpc) is 1.53. The normalized spacial score (nSPS) is 12.1. The van der Waals surface area contributed by atoms with Crippen LogP contribution in [-0.4, -0.2) is 79.5 Å². The second-order valence-corrected chi connectivity index (χ2v) is 25.6. The molecule has 0 aliphatic carbocycles. The summed E-state index contributed by atoms with van der Waals surface area (Å²) >= 11 is 0. The van der Waals surface area contributed by atoms with E-state index in [2.05, 4.69) is 187 Å². The van der Waals surface area contributed by atoms with E-state index >= 15 is 0 Å². The van der Waals surface area contributed by atoms with Crippen molar-refractivity contribution in [3.63, 3.8) is 0 Å². The van der Waals surface area contributed by atoms with E-state index in [1.165, 1.54) is 0 Å². The topological polar surface area (TPSA) is 164 Å². The van der Waals surface area contributed by atoms with Gasteiger partial charge in [-0.2, -0.15) is 0 Å². The van der Waals surface area contributed by atoms with Crippen molar-refractivity contribution < 1.29 is 28.4 Å². The number of benzene rings is 10. The number of hydrogen-bond acceptors (Lipinski definition) is 12. The molecule has 15 rings (SSSR count). The summed E-state index contributed by atoms with van der Waals surface area (Å²) < 4.78 is 43.2. The lowest BCUT2D eigenvalue weighted by atomic mass is 9.95. The zero-order chi connectivity index (χ0) is 65.6. The van der Waals surface area contributed by atoms with E-state index in [1.54, 1.807) is 0 Å². The molecule has 13 aromatic rings. The minimum Gasteiger partial charge on any atom is -0.492 e. The maximum Gasteiger partial charge on any atom is 0.168 e. The number of ether oxygens (including phenoxy) is 6. The molecule has 0 radical (unpaired) electrons. The highest BCUT2D eigenvalue weighted by molar-refractivity contribution is 6.22. The molecule has 5 heterocycles. The SMILES string of the molecule is CCCCOc1c2c(c(OCCCC)c3ccccc13)-c1nc-2nc2[nH]c(nc3nc(nc4[nH]c(n1)c1c(C)c5cc6ccccc6cc5c(OCCCC)c41)-c1c-3c(OCCCC)c3cc4ccccc4cc3c1OCCCC)c1c(OCCCC)c3ccccc3c(C)c21. The average molecular weight is 1280 g/mol. The maximum absolute atomic E-state index is 7.27. The molecule has 2 N–H and O–H groups in total. The van der Waals surface area contributed by atoms with E-state index in [4.69, 9.17) is 58.3 Å². The first-order valence-corrected chi connectivity index (χ1v) is 35.0. The molecule has 0 fully saturated rings. The predicted molar refractivity (Wildman–Crippen MR) is 393 cm³/mol. The summed E-state index contributed by atoms with van der Waals surface area (Å²) in [6.07, 6.45) is 10.6. The van der Waals surface area contributed by atoms with Crippen molar-refractivity contribution in [3.8, 4) is 80.0 Å². The first kappa shape index (κ1) is 62.1. The fraction of sp³-hybridized carbons (Fsp3) is 0.317. The first-order valence-electron chi connectivity index (χ1n) is 35.0. The van der Waals surface area contributed by atoms with Gasteiger partial charge in [0.25, 0.3) is 0 Å². The number of rotatable bonds is 24. The highest BCUT2D eigenvalue weighted by atomic mass is 16.5. The van der Waals surface area contributed by atoms with Gasteiger partial charge in [-0.1, -0.05) is 177 Å². The van der Waals surface area contributed by atoms with E-state index in [9.17, 15) is 0 Å². The van der Waals surface area contributed by atoms with Crippen LogP contribution in [0.15, 0.2) is 121 Å². The van der Waals surface area contributed by atoms with Crippen molar-refractivity contribution in [1.82, 2.24) is 39.9 Å². The smallest absolute Gasteiger partial charge is 0.168 e. The minimum absolute atomic E-state index is 0.385. The van der Waals surface area contributed by atoms with Crippen LogP contribution in [0.3, 0.4) is 0 Å². The number of aromatic amines is 2. The fourth-order valence-electron chi connectivity index (χ4n) is 14.1. The molecule has 14 nitrogen and oxygen atoms in total. The molecule has 2 aliphatic heterocycles. The van der Waals surface area contributed by atoms with Gasteiger partial charge >= 0.3 is 0 Å². The number of nitrogens with one attached hydrogen (secondary N) is 2. The summed E-state index contributed by atoms with van der Waals surface area (Å²) in [5.41, 5.74) is 6.76. The van der Waals surface area contributed by atoms with Gasteiger partial charge in [0.05, 0.1) is 72.7 Å². The molecule has 14 heteroatoms. The third kappa shape index (κ3) is 10.7. The molecule has 96 heavy (non-hydrogen) atoms. The second kappa shape index (κ2) is 26.6. The van der Waals surface area contributed by atoms with Crippen LogP contribution in [0, 0.1) is 13.8 Å². The lowest BCUT2D eigenvalue weighted by Gasteiger charge is -2.19. The molecule has 2 aliphatic rings. The number of aromatic nitrogens is 8. The van der Waals surface area contributed by atoms with Crippen molar-refractivity contribution in [2.45, 2.75) is 132 Å². The first-order chi connectivity index (χ1) is 47.2. The predicted octanol–water partition coefficient (Wildman–Crippen LogP) is 21.5. The van der Waals surface area contributed by atoms with Crippen LogP contribution in [0.4, 0.5) is 0 Å². The maximum atomic E-state index is 7.27. The largest absolute Gasteiger partial charge is 0.492 e. The molecule has 8 bridgehead atoms. The minimum atomic E-state index is 0.385. The Kier molecular flexibility index (Phi) is 17.2. The highest BCUT2D eigenvalue weighted by Crippen LogP contribution is 2.56. The number of aryl methyl sites for hydroxylation is 2. The molecular formula is C82H82N8O6. The van der Waals surface area contributed by atoms with Crippen LogP contribution >= 0.6 is 0 Å².